The van der Waals surface area contributed by atoms with Crippen molar-refractivity contribution >= 4 is 0 Å². The lowest BCUT2D eigenvalue weighted by atomic mass is 9.76. The van der Waals surface area contributed by atoms with Gasteiger partial charge in [0.2, 0.25) is 0 Å². The number of hydrogen-bond donors (Lipinski definition) is 0. The Hall–Kier alpha value is -0.550. The minimum Gasteiger partial charge on any atom is -0.299 e. The molecule has 2 nitrogen and oxygen atoms in total. The first-order valence-corrected chi connectivity index (χ1v) is 6.87. The van der Waals surface area contributed by atoms with Gasteiger partial charge in [0.25, 0.3) is 0 Å². The minimum absolute atomic E-state index is 0.286. The largest absolute Gasteiger partial charge is 0.299 e. The van der Waals surface area contributed by atoms with Crippen molar-refractivity contribution < 1.29 is 0 Å². The Morgan fingerprint density at radius 1 is 1.25 bits per heavy atom. The third kappa shape index (κ3) is 2.25. The summed E-state index contributed by atoms with van der Waals surface area (Å²) in [5.74, 6) is 1.14. The van der Waals surface area contributed by atoms with E-state index in [-0.39, 0.29) is 5.92 Å². The van der Waals surface area contributed by atoms with Gasteiger partial charge in [0.1, 0.15) is 0 Å². The second-order valence-electron chi connectivity index (χ2n) is 5.64. The molecule has 3 atom stereocenters. The topological polar surface area (TPSA) is 27.0 Å². The molecule has 2 aliphatic rings. The molecule has 90 valence electrons. The van der Waals surface area contributed by atoms with Crippen LogP contribution in [0.5, 0.6) is 0 Å². The molecule has 2 aliphatic carbocycles. The molecule has 0 aromatic rings. The monoisotopic (exact) mass is 220 g/mol. The number of rotatable bonds is 3. The van der Waals surface area contributed by atoms with Crippen LogP contribution in [0.2, 0.25) is 0 Å². The van der Waals surface area contributed by atoms with Crippen molar-refractivity contribution in [3.8, 4) is 6.07 Å². The maximum absolute atomic E-state index is 9.27. The summed E-state index contributed by atoms with van der Waals surface area (Å²) in [6.45, 7) is 2.29. The molecule has 2 heteroatoms. The zero-order valence-electron chi connectivity index (χ0n) is 10.7. The fourth-order valence-corrected chi connectivity index (χ4v) is 3.27. The molecule has 16 heavy (non-hydrogen) atoms. The molecule has 3 unspecified atom stereocenters. The molecular formula is C14H24N2. The minimum atomic E-state index is 0.286. The van der Waals surface area contributed by atoms with Gasteiger partial charge in [0, 0.05) is 12.1 Å². The second kappa shape index (κ2) is 5.19. The molecule has 0 aromatic heterocycles. The molecule has 0 aromatic carbocycles. The van der Waals surface area contributed by atoms with Crippen LogP contribution in [-0.4, -0.2) is 24.0 Å². The summed E-state index contributed by atoms with van der Waals surface area (Å²) in [5, 5.41) is 9.27. The Balaban J connectivity index is 1.99. The van der Waals surface area contributed by atoms with Crippen LogP contribution >= 0.6 is 0 Å². The highest BCUT2D eigenvalue weighted by molar-refractivity contribution is 4.99. The summed E-state index contributed by atoms with van der Waals surface area (Å²) < 4.78 is 0. The molecule has 0 spiro atoms. The van der Waals surface area contributed by atoms with Gasteiger partial charge in [-0.3, -0.25) is 4.90 Å². The van der Waals surface area contributed by atoms with Gasteiger partial charge in [-0.2, -0.15) is 5.26 Å². The van der Waals surface area contributed by atoms with E-state index < -0.39 is 0 Å². The van der Waals surface area contributed by atoms with E-state index in [0.29, 0.717) is 6.04 Å². The van der Waals surface area contributed by atoms with E-state index in [0.717, 1.165) is 18.4 Å². The van der Waals surface area contributed by atoms with Gasteiger partial charge >= 0.3 is 0 Å². The van der Waals surface area contributed by atoms with Crippen molar-refractivity contribution in [2.24, 2.45) is 11.8 Å². The van der Waals surface area contributed by atoms with E-state index in [1.807, 2.05) is 0 Å². The molecule has 0 aliphatic heterocycles. The lowest BCUT2D eigenvalue weighted by Gasteiger charge is -2.45. The highest BCUT2D eigenvalue weighted by atomic mass is 15.2. The molecule has 0 bridgehead atoms. The van der Waals surface area contributed by atoms with Gasteiger partial charge in [0.15, 0.2) is 0 Å². The number of hydrogen-bond acceptors (Lipinski definition) is 2. The molecule has 0 amide bonds. The van der Waals surface area contributed by atoms with Crippen LogP contribution < -0.4 is 0 Å². The summed E-state index contributed by atoms with van der Waals surface area (Å²) in [6, 6.07) is 3.85. The number of nitrogens with zero attached hydrogens (tertiary/aromatic N) is 2. The zero-order valence-corrected chi connectivity index (χ0v) is 10.7. The van der Waals surface area contributed by atoms with Crippen LogP contribution in [0.1, 0.15) is 51.9 Å². The van der Waals surface area contributed by atoms with Crippen LogP contribution in [-0.2, 0) is 0 Å². The van der Waals surface area contributed by atoms with Crippen molar-refractivity contribution in [3.63, 3.8) is 0 Å². The van der Waals surface area contributed by atoms with Gasteiger partial charge in [0.05, 0.1) is 12.0 Å². The molecule has 0 N–H and O–H groups in total. The van der Waals surface area contributed by atoms with Crippen LogP contribution in [0.4, 0.5) is 0 Å². The SMILES string of the molecule is CCC1CCC(C#N)C(N(C)C2CCC2)C1. The zero-order chi connectivity index (χ0) is 11.5. The van der Waals surface area contributed by atoms with Gasteiger partial charge in [-0.05, 0) is 45.1 Å². The van der Waals surface area contributed by atoms with Crippen LogP contribution in [0.15, 0.2) is 0 Å². The normalized spacial score (nSPS) is 35.8. The third-order valence-corrected chi connectivity index (χ3v) is 4.84. The van der Waals surface area contributed by atoms with Gasteiger partial charge in [-0.15, -0.1) is 0 Å². The predicted molar refractivity (Wildman–Crippen MR) is 65.9 cm³/mol. The molecule has 2 saturated carbocycles. The first-order valence-electron chi connectivity index (χ1n) is 6.87. The van der Waals surface area contributed by atoms with E-state index in [9.17, 15) is 5.26 Å². The highest BCUT2D eigenvalue weighted by Crippen LogP contribution is 2.36. The summed E-state index contributed by atoms with van der Waals surface area (Å²) in [4.78, 5) is 2.53. The number of nitriles is 1. The van der Waals surface area contributed by atoms with Crippen molar-refractivity contribution in [1.29, 1.82) is 5.26 Å². The van der Waals surface area contributed by atoms with Crippen LogP contribution in [0, 0.1) is 23.2 Å². The Morgan fingerprint density at radius 2 is 2.00 bits per heavy atom. The van der Waals surface area contributed by atoms with Crippen molar-refractivity contribution in [1.82, 2.24) is 4.90 Å². The molecule has 2 rings (SSSR count). The smallest absolute Gasteiger partial charge is 0.0672 e. The summed E-state index contributed by atoms with van der Waals surface area (Å²) in [6.07, 6.45) is 9.01. The van der Waals surface area contributed by atoms with Crippen molar-refractivity contribution in [2.75, 3.05) is 7.05 Å². The predicted octanol–water partition coefficient (Wildman–Crippen LogP) is 3.19. The summed E-state index contributed by atoms with van der Waals surface area (Å²) in [7, 11) is 2.25. The van der Waals surface area contributed by atoms with Crippen molar-refractivity contribution in [2.45, 2.75) is 64.0 Å². The molecule has 0 saturated heterocycles. The molecule has 0 radical (unpaired) electrons. The maximum atomic E-state index is 9.27. The Kier molecular flexibility index (Phi) is 3.86. The highest BCUT2D eigenvalue weighted by Gasteiger charge is 2.36. The fraction of sp³-hybridized carbons (Fsp3) is 0.929. The average molecular weight is 220 g/mol. The van der Waals surface area contributed by atoms with E-state index in [1.165, 1.54) is 38.5 Å². The molecule has 0 heterocycles. The summed E-state index contributed by atoms with van der Waals surface area (Å²) >= 11 is 0. The quantitative estimate of drug-likeness (QED) is 0.730. The Bertz CT molecular complexity index is 264. The van der Waals surface area contributed by atoms with Crippen LogP contribution in [0.3, 0.4) is 0 Å². The lowest BCUT2D eigenvalue weighted by molar-refractivity contribution is 0.0520. The second-order valence-corrected chi connectivity index (χ2v) is 5.64. The van der Waals surface area contributed by atoms with E-state index in [1.54, 1.807) is 0 Å². The third-order valence-electron chi connectivity index (χ3n) is 4.84. The fourth-order valence-electron chi connectivity index (χ4n) is 3.27. The average Bonchev–Trinajstić information content (AvgIpc) is 2.25. The first kappa shape index (κ1) is 11.9. The lowest BCUT2D eigenvalue weighted by Crippen LogP contribution is -2.49. The van der Waals surface area contributed by atoms with E-state index >= 15 is 0 Å². The summed E-state index contributed by atoms with van der Waals surface area (Å²) in [5.41, 5.74) is 0. The first-order chi connectivity index (χ1) is 7.76. The van der Waals surface area contributed by atoms with Crippen molar-refractivity contribution in [3.05, 3.63) is 0 Å². The maximum Gasteiger partial charge on any atom is 0.0672 e. The molecular weight excluding hydrogens is 196 g/mol. The van der Waals surface area contributed by atoms with E-state index in [2.05, 4.69) is 24.9 Å². The van der Waals surface area contributed by atoms with Gasteiger partial charge in [-0.25, -0.2) is 0 Å². The standard InChI is InChI=1S/C14H24N2/c1-3-11-7-8-12(10-15)14(9-11)16(2)13-5-4-6-13/h11-14H,3-9H2,1-2H3. The Labute approximate surface area is 99.6 Å². The van der Waals surface area contributed by atoms with Gasteiger partial charge in [-0.1, -0.05) is 19.8 Å². The molecule has 2 fully saturated rings. The van der Waals surface area contributed by atoms with Crippen LogP contribution in [0.25, 0.3) is 0 Å². The van der Waals surface area contributed by atoms with Gasteiger partial charge < -0.3 is 0 Å². The Morgan fingerprint density at radius 3 is 2.50 bits per heavy atom. The van der Waals surface area contributed by atoms with E-state index in [4.69, 9.17) is 0 Å².